The van der Waals surface area contributed by atoms with Crippen LogP contribution in [-0.4, -0.2) is 37.4 Å². The summed E-state index contributed by atoms with van der Waals surface area (Å²) in [6.07, 6.45) is 11.8. The molecular formula is C121H118N14O4+6. The van der Waals surface area contributed by atoms with Crippen LogP contribution in [0, 0.1) is 41.5 Å². The zero-order valence-electron chi connectivity index (χ0n) is 83.1. The van der Waals surface area contributed by atoms with E-state index in [9.17, 15) is 0 Å². The van der Waals surface area contributed by atoms with Gasteiger partial charge in [-0.1, -0.05) is 216 Å². The smallest absolute Gasteiger partial charge is 0.295 e. The molecule has 0 aliphatic carbocycles. The van der Waals surface area contributed by atoms with E-state index in [4.69, 9.17) is 17.7 Å². The van der Waals surface area contributed by atoms with Crippen molar-refractivity contribution in [2.24, 2.45) is 77.5 Å². The molecule has 0 amide bonds. The predicted octanol–water partition coefficient (Wildman–Crippen LogP) is 25.6. The standard InChI is InChI=1S/C27H31N2.C22H19N2O.C21H18N3O.C18H17N2O.C17H16N3O.C16H17N2/c1-18(2)21-14-11-15-22(19(3)4)26(21)29-25-17-10-9-16-24(25)28(6)27(29)23-13-8-7-12-20(23)5;1-14-12-13-16-15-8-4-7-11-19(15)25-21(16)20(14)22-23(2)17-9-5-6-10-18(17)24(22)3;1-13-10-11-14-15-7-6-12-22-20(15)25-19(14)18(13)21-23(2)16-8-4-5-9-17(16)24(21)3;1-12-8-9-14-13-6-4-5-7-15(13)21-17(14)16(12)18-19(2)10-11-20(18)3;1-11-6-7-12-13-5-4-8-18-16(13)21-15(12)14(11)17-19(2)9-10-20(17)3;1-12-8-4-5-9-13(12)16-17(2)14-10-6-7-11-15(14)18(16)3/h7-19H,1-6H3;4-13H,1-3H3;4-12H,1-3H3;4-11H,1-3H3;4-10H,1-3H3;4-11H,1-3H3/q6*+1. The molecule has 0 bridgehead atoms. The molecule has 0 radical (unpaired) electrons. The van der Waals surface area contributed by atoms with Crippen LogP contribution in [0.15, 0.2) is 340 Å². The van der Waals surface area contributed by atoms with Gasteiger partial charge < -0.3 is 17.7 Å². The molecule has 690 valence electrons. The predicted molar refractivity (Wildman–Crippen MR) is 564 cm³/mol. The molecule has 0 saturated heterocycles. The second-order valence-corrected chi connectivity index (χ2v) is 37.6. The third-order valence-corrected chi connectivity index (χ3v) is 28.1. The van der Waals surface area contributed by atoms with E-state index in [0.29, 0.717) is 23.3 Å². The van der Waals surface area contributed by atoms with Crippen molar-refractivity contribution in [3.63, 3.8) is 0 Å². The minimum absolute atomic E-state index is 0.444. The molecule has 25 aromatic rings. The summed E-state index contributed by atoms with van der Waals surface area (Å²) < 4.78 is 51.6. The minimum Gasteiger partial charge on any atom is -0.455 e. The summed E-state index contributed by atoms with van der Waals surface area (Å²) in [7, 11) is 23.1. The second-order valence-electron chi connectivity index (χ2n) is 37.6. The van der Waals surface area contributed by atoms with E-state index in [1.54, 1.807) is 12.4 Å². The molecular weight excluding hydrogens is 1710 g/mol. The van der Waals surface area contributed by atoms with Crippen molar-refractivity contribution in [2.75, 3.05) is 0 Å². The van der Waals surface area contributed by atoms with Crippen LogP contribution in [-0.2, 0) is 77.5 Å². The second kappa shape index (κ2) is 36.7. The van der Waals surface area contributed by atoms with Gasteiger partial charge in [-0.25, -0.2) is 60.2 Å². The van der Waals surface area contributed by atoms with E-state index in [1.165, 1.54) is 144 Å². The Morgan fingerprint density at radius 1 is 0.266 bits per heavy atom. The van der Waals surface area contributed by atoms with Crippen molar-refractivity contribution in [1.82, 2.24) is 37.4 Å². The highest BCUT2D eigenvalue weighted by molar-refractivity contribution is 6.13. The molecule has 0 aliphatic heterocycles. The van der Waals surface area contributed by atoms with Gasteiger partial charge in [-0.2, -0.15) is 4.57 Å². The fourth-order valence-corrected chi connectivity index (χ4v) is 21.1. The van der Waals surface area contributed by atoms with Crippen LogP contribution in [0.5, 0.6) is 0 Å². The molecule has 0 aliphatic rings. The lowest BCUT2D eigenvalue weighted by Gasteiger charge is -2.18. The molecule has 0 saturated carbocycles. The van der Waals surface area contributed by atoms with Crippen LogP contribution >= 0.6 is 0 Å². The number of hydrogen-bond acceptors (Lipinski definition) is 6. The van der Waals surface area contributed by atoms with Crippen LogP contribution in [0.4, 0.5) is 0 Å². The Balaban J connectivity index is 0.000000103. The molecule has 0 unspecified atom stereocenters. The first kappa shape index (κ1) is 90.5. The summed E-state index contributed by atoms with van der Waals surface area (Å²) in [6.45, 7) is 22.1. The molecule has 12 aromatic heterocycles. The van der Waals surface area contributed by atoms with Crippen molar-refractivity contribution in [2.45, 2.75) is 81.1 Å². The number of hydrogen-bond donors (Lipinski definition) is 0. The molecule has 0 N–H and O–H groups in total. The van der Waals surface area contributed by atoms with Crippen LogP contribution < -0.4 is 27.4 Å². The van der Waals surface area contributed by atoms with E-state index >= 15 is 0 Å². The molecule has 13 aromatic carbocycles. The Labute approximate surface area is 808 Å². The summed E-state index contributed by atoms with van der Waals surface area (Å²) in [5.74, 6) is 7.93. The van der Waals surface area contributed by atoms with Crippen molar-refractivity contribution < 1.29 is 45.1 Å². The SMILES string of the molecule is Cc1ccc2c(oc3ccccc32)c1-c1n(C)c2ccccc2[n+]1C.Cc1ccc2c(oc3ccccc32)c1-c1n(C)cc[n+]1C.Cc1ccc2c(oc3ncccc32)c1-c1n(C)c2ccccc2[n+]1C.Cc1ccc2c(oc3ncccc32)c1-c1n(C)cc[n+]1C.Cc1ccccc1-c1n(-c2c(C(C)C)cccc2C(C)C)c2ccccc2[n+]1C.Cc1ccccc1-c1n(C)c2ccccc2[n+]1C. The van der Waals surface area contributed by atoms with Crippen molar-refractivity contribution in [3.05, 3.63) is 367 Å². The molecule has 18 heteroatoms. The average Bonchev–Trinajstić information content (AvgIpc) is 1.60. The molecule has 0 spiro atoms. The first-order valence-electron chi connectivity index (χ1n) is 47.7. The quantitative estimate of drug-likeness (QED) is 0.132. The number of nitrogens with zero attached hydrogens (tertiary/aromatic N) is 14. The maximum Gasteiger partial charge on any atom is 0.295 e. The van der Waals surface area contributed by atoms with Gasteiger partial charge in [0.2, 0.25) is 11.4 Å². The van der Waals surface area contributed by atoms with Gasteiger partial charge in [-0.05, 0) is 184 Å². The highest BCUT2D eigenvalue weighted by atomic mass is 16.3. The Hall–Kier alpha value is -16.3. The number of aryl methyl sites for hydroxylation is 17. The van der Waals surface area contributed by atoms with Gasteiger partial charge in [0.15, 0.2) is 66.5 Å². The van der Waals surface area contributed by atoms with Gasteiger partial charge in [-0.3, -0.25) is 0 Å². The lowest BCUT2D eigenvalue weighted by molar-refractivity contribution is -0.659. The number of pyridine rings is 2. The normalized spacial score (nSPS) is 11.6. The maximum absolute atomic E-state index is 6.30. The molecule has 0 fully saturated rings. The van der Waals surface area contributed by atoms with Gasteiger partial charge in [0.05, 0.1) is 88.7 Å². The minimum atomic E-state index is 0.444. The number of imidazole rings is 6. The van der Waals surface area contributed by atoms with Crippen molar-refractivity contribution in [3.8, 4) is 74.0 Å². The van der Waals surface area contributed by atoms with Gasteiger partial charge in [0.1, 0.15) is 63.9 Å². The van der Waals surface area contributed by atoms with E-state index in [-0.39, 0.29) is 0 Å². The van der Waals surface area contributed by atoms with Crippen LogP contribution in [0.1, 0.15) is 84.0 Å². The molecule has 25 rings (SSSR count). The van der Waals surface area contributed by atoms with Crippen molar-refractivity contribution >= 4 is 132 Å². The van der Waals surface area contributed by atoms with Crippen molar-refractivity contribution in [1.29, 1.82) is 0 Å². The zero-order chi connectivity index (χ0) is 96.8. The topological polar surface area (TPSA) is 131 Å². The molecule has 18 nitrogen and oxygen atoms in total. The average molecular weight is 1830 g/mol. The van der Waals surface area contributed by atoms with Gasteiger partial charge >= 0.3 is 0 Å². The third-order valence-electron chi connectivity index (χ3n) is 28.1. The number of rotatable bonds is 9. The van der Waals surface area contributed by atoms with E-state index in [2.05, 4.69) is 485 Å². The summed E-state index contributed by atoms with van der Waals surface area (Å²) in [6, 6.07) is 99.9. The first-order valence-corrected chi connectivity index (χ1v) is 47.7. The summed E-state index contributed by atoms with van der Waals surface area (Å²) >= 11 is 0. The number of aromatic nitrogens is 14. The Morgan fingerprint density at radius 3 is 0.957 bits per heavy atom. The highest BCUT2D eigenvalue weighted by Gasteiger charge is 2.35. The lowest BCUT2D eigenvalue weighted by Crippen LogP contribution is -2.30. The number of benzene rings is 13. The van der Waals surface area contributed by atoms with Gasteiger partial charge in [-0.15, -0.1) is 0 Å². The molecule has 139 heavy (non-hydrogen) atoms. The zero-order valence-corrected chi connectivity index (χ0v) is 83.1. The lowest BCUT2D eigenvalue weighted by atomic mass is 9.92. The summed E-state index contributed by atoms with van der Waals surface area (Å²) in [4.78, 5) is 8.73. The third kappa shape index (κ3) is 15.6. The Morgan fingerprint density at radius 2 is 0.576 bits per heavy atom. The van der Waals surface area contributed by atoms with Gasteiger partial charge in [0.25, 0.3) is 34.9 Å². The Bertz CT molecular complexity index is 8540. The number of fused-ring (bicyclic) bond motifs is 16. The highest BCUT2D eigenvalue weighted by Crippen LogP contribution is 2.44. The van der Waals surface area contributed by atoms with Crippen LogP contribution in [0.25, 0.3) is 206 Å². The molecule has 12 heterocycles. The largest absolute Gasteiger partial charge is 0.455 e. The first-order chi connectivity index (χ1) is 67.3. The number of furan rings is 4. The number of para-hydroxylation sites is 11. The fourth-order valence-electron chi connectivity index (χ4n) is 21.1. The summed E-state index contributed by atoms with van der Waals surface area (Å²) in [5, 5.41) is 9.01. The van der Waals surface area contributed by atoms with E-state index < -0.39 is 0 Å². The van der Waals surface area contributed by atoms with E-state index in [1.807, 2.05) is 36.4 Å². The fraction of sp³-hybridized carbons (Fsp3) is 0.190. The Kier molecular flexibility index (Phi) is 23.9. The molecule has 0 atom stereocenters. The summed E-state index contributed by atoms with van der Waals surface area (Å²) in [5.41, 5.74) is 35.5. The van der Waals surface area contributed by atoms with Gasteiger partial charge in [0, 0.05) is 66.6 Å². The van der Waals surface area contributed by atoms with Crippen LogP contribution in [0.2, 0.25) is 0 Å². The van der Waals surface area contributed by atoms with Crippen LogP contribution in [0.3, 0.4) is 0 Å². The monoisotopic (exact) mass is 1830 g/mol. The van der Waals surface area contributed by atoms with E-state index in [0.717, 1.165) is 95.0 Å². The maximum atomic E-state index is 6.30.